The summed E-state index contributed by atoms with van der Waals surface area (Å²) in [7, 11) is 0. The van der Waals surface area contributed by atoms with Gasteiger partial charge in [0.1, 0.15) is 0 Å². The molecule has 1 aromatic rings. The van der Waals surface area contributed by atoms with Crippen LogP contribution in [0, 0.1) is 5.92 Å². The summed E-state index contributed by atoms with van der Waals surface area (Å²) in [5, 5.41) is 3.41. The topological polar surface area (TPSA) is 58.4 Å². The molecule has 114 valence electrons. The molecule has 0 aliphatic heterocycles. The van der Waals surface area contributed by atoms with E-state index < -0.39 is 0 Å². The maximum Gasteiger partial charge on any atom is 0.241 e. The molecule has 0 heterocycles. The van der Waals surface area contributed by atoms with Gasteiger partial charge >= 0.3 is 0 Å². The Morgan fingerprint density at radius 3 is 2.71 bits per heavy atom. The highest BCUT2D eigenvalue weighted by atomic mass is 35.5. The van der Waals surface area contributed by atoms with Gasteiger partial charge in [-0.1, -0.05) is 11.6 Å². The second-order valence-electron chi connectivity index (χ2n) is 6.28. The Hall–Kier alpha value is -1.26. The molecule has 2 saturated carbocycles. The molecular formula is C16H22ClN3O. The van der Waals surface area contributed by atoms with E-state index >= 15 is 0 Å². The molecular weight excluding hydrogens is 286 g/mol. The van der Waals surface area contributed by atoms with Crippen molar-refractivity contribution in [3.8, 4) is 0 Å². The van der Waals surface area contributed by atoms with Crippen molar-refractivity contribution in [1.29, 1.82) is 0 Å². The van der Waals surface area contributed by atoms with Gasteiger partial charge < -0.3 is 11.1 Å². The van der Waals surface area contributed by atoms with E-state index in [1.54, 1.807) is 18.2 Å². The average Bonchev–Trinajstić information content (AvgIpc) is 3.31. The number of nitrogens with two attached hydrogens (primary N) is 1. The first-order valence-corrected chi connectivity index (χ1v) is 8.04. The van der Waals surface area contributed by atoms with Crippen LogP contribution in [-0.4, -0.2) is 29.4 Å². The zero-order valence-corrected chi connectivity index (χ0v) is 13.1. The molecule has 1 amide bonds. The number of nitrogens with zero attached hydrogens (tertiary/aromatic N) is 1. The number of nitrogens with one attached hydrogen (secondary N) is 1. The van der Waals surface area contributed by atoms with E-state index in [1.807, 2.05) is 6.92 Å². The predicted molar refractivity (Wildman–Crippen MR) is 86.4 cm³/mol. The van der Waals surface area contributed by atoms with E-state index in [2.05, 4.69) is 10.2 Å². The highest BCUT2D eigenvalue weighted by molar-refractivity contribution is 6.34. The van der Waals surface area contributed by atoms with Crippen molar-refractivity contribution >= 4 is 28.9 Å². The lowest BCUT2D eigenvalue weighted by Crippen LogP contribution is -2.44. The maximum atomic E-state index is 12.5. The molecule has 1 atom stereocenters. The van der Waals surface area contributed by atoms with Crippen LogP contribution >= 0.6 is 11.6 Å². The lowest BCUT2D eigenvalue weighted by atomic mass is 10.2. The van der Waals surface area contributed by atoms with Gasteiger partial charge in [-0.15, -0.1) is 0 Å². The van der Waals surface area contributed by atoms with Crippen molar-refractivity contribution in [3.05, 3.63) is 23.2 Å². The molecule has 2 aliphatic carbocycles. The minimum Gasteiger partial charge on any atom is -0.399 e. The molecule has 4 nitrogen and oxygen atoms in total. The van der Waals surface area contributed by atoms with Crippen molar-refractivity contribution in [1.82, 2.24) is 4.90 Å². The van der Waals surface area contributed by atoms with Gasteiger partial charge in [-0.05, 0) is 56.7 Å². The Labute approximate surface area is 130 Å². The summed E-state index contributed by atoms with van der Waals surface area (Å²) in [4.78, 5) is 14.8. The van der Waals surface area contributed by atoms with Crippen LogP contribution < -0.4 is 11.1 Å². The van der Waals surface area contributed by atoms with Gasteiger partial charge in [0.05, 0.1) is 16.8 Å². The summed E-state index contributed by atoms with van der Waals surface area (Å²) in [6, 6.07) is 5.63. The van der Waals surface area contributed by atoms with Crippen molar-refractivity contribution in [3.63, 3.8) is 0 Å². The van der Waals surface area contributed by atoms with Gasteiger partial charge in [-0.3, -0.25) is 9.69 Å². The summed E-state index contributed by atoms with van der Waals surface area (Å²) in [5.41, 5.74) is 6.90. The lowest BCUT2D eigenvalue weighted by molar-refractivity contribution is -0.121. The number of amides is 1. The third-order valence-electron chi connectivity index (χ3n) is 4.31. The number of hydrogen-bond donors (Lipinski definition) is 2. The number of hydrogen-bond acceptors (Lipinski definition) is 3. The Balaban J connectivity index is 1.65. The fourth-order valence-corrected chi connectivity index (χ4v) is 2.88. The normalized spacial score (nSPS) is 19.6. The van der Waals surface area contributed by atoms with Crippen LogP contribution in [0.5, 0.6) is 0 Å². The summed E-state index contributed by atoms with van der Waals surface area (Å²) in [5.74, 6) is 0.801. The predicted octanol–water partition coefficient (Wildman–Crippen LogP) is 3.12. The zero-order chi connectivity index (χ0) is 15.0. The van der Waals surface area contributed by atoms with Gasteiger partial charge in [0.2, 0.25) is 5.91 Å². The van der Waals surface area contributed by atoms with Crippen LogP contribution in [0.3, 0.4) is 0 Å². The minimum absolute atomic E-state index is 0.00854. The number of anilines is 2. The molecule has 0 aromatic heterocycles. The van der Waals surface area contributed by atoms with Crippen LogP contribution in [0.15, 0.2) is 18.2 Å². The van der Waals surface area contributed by atoms with Gasteiger partial charge in [-0.2, -0.15) is 0 Å². The first-order valence-electron chi connectivity index (χ1n) is 7.66. The zero-order valence-electron chi connectivity index (χ0n) is 12.3. The van der Waals surface area contributed by atoms with Gasteiger partial charge in [-0.25, -0.2) is 0 Å². The van der Waals surface area contributed by atoms with Gasteiger partial charge in [0, 0.05) is 18.3 Å². The monoisotopic (exact) mass is 307 g/mol. The standard InChI is InChI=1S/C16H22ClN3O/c1-10(20(13-5-6-13)9-11-2-3-11)16(21)19-15-7-4-12(18)8-14(15)17/h4,7-8,10-11,13H,2-3,5-6,9,18H2,1H3,(H,19,21). The van der Waals surface area contributed by atoms with E-state index in [4.69, 9.17) is 17.3 Å². The molecule has 0 bridgehead atoms. The molecule has 21 heavy (non-hydrogen) atoms. The third-order valence-corrected chi connectivity index (χ3v) is 4.62. The number of rotatable bonds is 6. The molecule has 0 radical (unpaired) electrons. The second kappa shape index (κ2) is 5.85. The number of benzene rings is 1. The van der Waals surface area contributed by atoms with Crippen LogP contribution in [0.25, 0.3) is 0 Å². The number of carbonyl (C=O) groups is 1. The molecule has 3 rings (SSSR count). The molecule has 1 aromatic carbocycles. The number of halogens is 1. The van der Waals surface area contributed by atoms with E-state index in [-0.39, 0.29) is 11.9 Å². The number of nitrogen functional groups attached to an aromatic ring is 1. The van der Waals surface area contributed by atoms with Crippen LogP contribution in [0.1, 0.15) is 32.6 Å². The summed E-state index contributed by atoms with van der Waals surface area (Å²) >= 11 is 6.12. The average molecular weight is 308 g/mol. The molecule has 5 heteroatoms. The second-order valence-corrected chi connectivity index (χ2v) is 6.68. The molecule has 2 aliphatic rings. The molecule has 2 fully saturated rings. The molecule has 3 N–H and O–H groups in total. The van der Waals surface area contributed by atoms with Gasteiger partial charge in [0.15, 0.2) is 0 Å². The minimum atomic E-state index is -0.119. The first kappa shape index (κ1) is 14.7. The third kappa shape index (κ3) is 3.69. The Morgan fingerprint density at radius 2 is 2.14 bits per heavy atom. The van der Waals surface area contributed by atoms with Crippen molar-refractivity contribution in [2.75, 3.05) is 17.6 Å². The summed E-state index contributed by atoms with van der Waals surface area (Å²) in [6.07, 6.45) is 5.04. The smallest absolute Gasteiger partial charge is 0.241 e. The highest BCUT2D eigenvalue weighted by Gasteiger charge is 2.38. The molecule has 0 saturated heterocycles. The Bertz CT molecular complexity index is 540. The van der Waals surface area contributed by atoms with E-state index in [0.717, 1.165) is 12.5 Å². The maximum absolute atomic E-state index is 12.5. The fourth-order valence-electron chi connectivity index (χ4n) is 2.65. The largest absolute Gasteiger partial charge is 0.399 e. The fraction of sp³-hybridized carbons (Fsp3) is 0.562. The number of carbonyl (C=O) groups excluding carboxylic acids is 1. The van der Waals surface area contributed by atoms with Crippen LogP contribution in [-0.2, 0) is 4.79 Å². The molecule has 0 spiro atoms. The van der Waals surface area contributed by atoms with Crippen LogP contribution in [0.2, 0.25) is 5.02 Å². The first-order chi connectivity index (χ1) is 10.0. The Morgan fingerprint density at radius 1 is 1.43 bits per heavy atom. The van der Waals surface area contributed by atoms with E-state index in [1.165, 1.54) is 25.7 Å². The summed E-state index contributed by atoms with van der Waals surface area (Å²) in [6.45, 7) is 3.04. The molecule has 1 unspecified atom stereocenters. The summed E-state index contributed by atoms with van der Waals surface area (Å²) < 4.78 is 0. The SMILES string of the molecule is CC(C(=O)Nc1ccc(N)cc1Cl)N(CC1CC1)C1CC1. The van der Waals surface area contributed by atoms with Crippen LogP contribution in [0.4, 0.5) is 11.4 Å². The van der Waals surface area contributed by atoms with Crippen molar-refractivity contribution in [2.24, 2.45) is 5.92 Å². The van der Waals surface area contributed by atoms with E-state index in [0.29, 0.717) is 22.4 Å². The van der Waals surface area contributed by atoms with Crippen molar-refractivity contribution < 1.29 is 4.79 Å². The van der Waals surface area contributed by atoms with Gasteiger partial charge in [0.25, 0.3) is 0 Å². The quantitative estimate of drug-likeness (QED) is 0.794. The van der Waals surface area contributed by atoms with E-state index in [9.17, 15) is 4.79 Å². The Kier molecular flexibility index (Phi) is 4.09. The lowest BCUT2D eigenvalue weighted by Gasteiger charge is -2.28. The highest BCUT2D eigenvalue weighted by Crippen LogP contribution is 2.36. The van der Waals surface area contributed by atoms with Crippen molar-refractivity contribution in [2.45, 2.75) is 44.7 Å².